The van der Waals surface area contributed by atoms with Gasteiger partial charge < -0.3 is 10.6 Å². The number of hydrogen-bond donors (Lipinski definition) is 1. The van der Waals surface area contributed by atoms with Crippen LogP contribution < -0.4 is 5.73 Å². The average molecular weight is 220 g/mol. The van der Waals surface area contributed by atoms with E-state index in [1.165, 1.54) is 18.7 Å². The van der Waals surface area contributed by atoms with Gasteiger partial charge in [-0.3, -0.25) is 0 Å². The lowest BCUT2D eigenvalue weighted by Gasteiger charge is -2.15. The molecular formula is C9H20N2S2. The topological polar surface area (TPSA) is 29.3 Å². The van der Waals surface area contributed by atoms with Crippen molar-refractivity contribution in [3.05, 3.63) is 0 Å². The maximum Gasteiger partial charge on any atom is 0.0727 e. The second kappa shape index (κ2) is 8.78. The molecule has 13 heavy (non-hydrogen) atoms. The summed E-state index contributed by atoms with van der Waals surface area (Å²) in [6.45, 7) is 2.33. The highest BCUT2D eigenvalue weighted by atomic mass is 32.2. The zero-order valence-electron chi connectivity index (χ0n) is 8.58. The first-order valence-electron chi connectivity index (χ1n) is 4.62. The number of unbranched alkanes of at least 4 members (excludes halogenated alkanes) is 1. The maximum atomic E-state index is 5.40. The molecule has 0 amide bonds. The molecule has 0 aliphatic carbocycles. The highest BCUT2D eigenvalue weighted by Gasteiger charge is 1.97. The molecule has 0 aliphatic rings. The molecule has 0 spiro atoms. The van der Waals surface area contributed by atoms with Crippen molar-refractivity contribution in [1.29, 1.82) is 0 Å². The van der Waals surface area contributed by atoms with Gasteiger partial charge >= 0.3 is 0 Å². The van der Waals surface area contributed by atoms with Gasteiger partial charge in [-0.15, -0.1) is 0 Å². The van der Waals surface area contributed by atoms with Crippen LogP contribution in [0, 0.1) is 0 Å². The fourth-order valence-corrected chi connectivity index (χ4v) is 1.68. The zero-order chi connectivity index (χ0) is 10.1. The Bertz CT molecular complexity index is 140. The van der Waals surface area contributed by atoms with Crippen molar-refractivity contribution < 1.29 is 0 Å². The molecule has 0 aromatic carbocycles. The molecule has 0 rings (SSSR count). The van der Waals surface area contributed by atoms with Crippen LogP contribution in [-0.2, 0) is 0 Å². The molecule has 0 saturated heterocycles. The predicted octanol–water partition coefficient (Wildman–Crippen LogP) is 1.74. The van der Waals surface area contributed by atoms with Crippen LogP contribution >= 0.6 is 24.0 Å². The van der Waals surface area contributed by atoms with E-state index in [0.717, 1.165) is 19.4 Å². The first-order valence-corrected chi connectivity index (χ1v) is 6.43. The summed E-state index contributed by atoms with van der Waals surface area (Å²) in [6.07, 6.45) is 5.35. The Morgan fingerprint density at radius 3 is 2.62 bits per heavy atom. The third-order valence-electron chi connectivity index (χ3n) is 1.89. The molecule has 0 fully saturated rings. The Morgan fingerprint density at radius 1 is 1.38 bits per heavy atom. The van der Waals surface area contributed by atoms with Gasteiger partial charge in [0.15, 0.2) is 0 Å². The minimum absolute atomic E-state index is 0.645. The molecule has 2 N–H and O–H groups in total. The maximum absolute atomic E-state index is 5.40. The number of nitrogens with zero attached hydrogens (tertiary/aromatic N) is 1. The number of rotatable bonds is 8. The van der Waals surface area contributed by atoms with Crippen LogP contribution in [0.5, 0.6) is 0 Å². The summed E-state index contributed by atoms with van der Waals surface area (Å²) in [4.78, 5) is 3.00. The Morgan fingerprint density at radius 2 is 2.08 bits per heavy atom. The molecule has 0 unspecified atom stereocenters. The number of thioether (sulfide) groups is 1. The van der Waals surface area contributed by atoms with Gasteiger partial charge in [0.2, 0.25) is 0 Å². The lowest BCUT2D eigenvalue weighted by Crippen LogP contribution is -2.22. The average Bonchev–Trinajstić information content (AvgIpc) is 2.08. The molecule has 0 aromatic rings. The van der Waals surface area contributed by atoms with Crippen LogP contribution in [0.2, 0.25) is 0 Å². The molecular weight excluding hydrogens is 200 g/mol. The monoisotopic (exact) mass is 220 g/mol. The van der Waals surface area contributed by atoms with Crippen LogP contribution in [-0.4, -0.2) is 42.0 Å². The molecule has 4 heteroatoms. The fourth-order valence-electron chi connectivity index (χ4n) is 1.04. The Hall–Kier alpha value is 0.200. The third kappa shape index (κ3) is 10.1. The van der Waals surface area contributed by atoms with Crippen molar-refractivity contribution in [3.8, 4) is 0 Å². The molecule has 0 radical (unpaired) electrons. The summed E-state index contributed by atoms with van der Waals surface area (Å²) in [5, 5.41) is 0. The largest absolute Gasteiger partial charge is 0.393 e. The lowest BCUT2D eigenvalue weighted by atomic mass is 10.2. The van der Waals surface area contributed by atoms with Gasteiger partial charge in [0.1, 0.15) is 0 Å². The van der Waals surface area contributed by atoms with E-state index in [1.807, 2.05) is 11.8 Å². The van der Waals surface area contributed by atoms with E-state index in [-0.39, 0.29) is 0 Å². The van der Waals surface area contributed by atoms with Gasteiger partial charge in [-0.1, -0.05) is 12.2 Å². The zero-order valence-corrected chi connectivity index (χ0v) is 10.2. The van der Waals surface area contributed by atoms with E-state index in [1.54, 1.807) is 0 Å². The molecule has 0 saturated carbocycles. The van der Waals surface area contributed by atoms with E-state index in [0.29, 0.717) is 4.99 Å². The van der Waals surface area contributed by atoms with Crippen LogP contribution in [0.1, 0.15) is 19.3 Å². The van der Waals surface area contributed by atoms with Gasteiger partial charge in [0.05, 0.1) is 4.99 Å². The van der Waals surface area contributed by atoms with Crippen LogP contribution in [0.25, 0.3) is 0 Å². The number of thiocarbonyl (C=S) groups is 1. The van der Waals surface area contributed by atoms with Crippen molar-refractivity contribution >= 4 is 29.0 Å². The molecule has 0 heterocycles. The Labute approximate surface area is 91.2 Å². The van der Waals surface area contributed by atoms with Crippen molar-refractivity contribution in [3.63, 3.8) is 0 Å². The summed E-state index contributed by atoms with van der Waals surface area (Å²) in [5.74, 6) is 1.21. The predicted molar refractivity (Wildman–Crippen MR) is 66.5 cm³/mol. The van der Waals surface area contributed by atoms with Gasteiger partial charge in [-0.05, 0) is 39.1 Å². The molecule has 0 bridgehead atoms. The van der Waals surface area contributed by atoms with Crippen LogP contribution in [0.3, 0.4) is 0 Å². The molecule has 0 aliphatic heterocycles. The molecule has 2 nitrogen and oxygen atoms in total. The number of nitrogens with two attached hydrogens (primary N) is 1. The normalized spacial score (nSPS) is 10.7. The minimum Gasteiger partial charge on any atom is -0.393 e. The van der Waals surface area contributed by atoms with Crippen molar-refractivity contribution in [2.24, 2.45) is 5.73 Å². The second-order valence-corrected chi connectivity index (χ2v) is 4.73. The highest BCUT2D eigenvalue weighted by molar-refractivity contribution is 7.98. The quantitative estimate of drug-likeness (QED) is 0.498. The summed E-state index contributed by atoms with van der Waals surface area (Å²) in [7, 11) is 2.16. The molecule has 0 aromatic heterocycles. The van der Waals surface area contributed by atoms with E-state index < -0.39 is 0 Å². The van der Waals surface area contributed by atoms with Crippen LogP contribution in [0.4, 0.5) is 0 Å². The molecule has 78 valence electrons. The number of hydrogen-bond acceptors (Lipinski definition) is 3. The van der Waals surface area contributed by atoms with Crippen LogP contribution in [0.15, 0.2) is 0 Å². The fraction of sp³-hybridized carbons (Fsp3) is 0.889. The summed E-state index contributed by atoms with van der Waals surface area (Å²) in [6, 6.07) is 0. The summed E-state index contributed by atoms with van der Waals surface area (Å²) in [5.41, 5.74) is 5.40. The van der Waals surface area contributed by atoms with Gasteiger partial charge in [0.25, 0.3) is 0 Å². The second-order valence-electron chi connectivity index (χ2n) is 3.22. The van der Waals surface area contributed by atoms with E-state index >= 15 is 0 Å². The Balaban J connectivity index is 3.16. The van der Waals surface area contributed by atoms with E-state index in [4.69, 9.17) is 18.0 Å². The third-order valence-corrected chi connectivity index (χ3v) is 2.69. The van der Waals surface area contributed by atoms with Crippen molar-refractivity contribution in [2.45, 2.75) is 19.3 Å². The van der Waals surface area contributed by atoms with Crippen molar-refractivity contribution in [2.75, 3.05) is 32.1 Å². The first-order chi connectivity index (χ1) is 6.16. The highest BCUT2D eigenvalue weighted by Crippen LogP contribution is 1.99. The molecule has 0 atom stereocenters. The standard InChI is InChI=1S/C9H20N2S2/c1-11(7-8-13-2)6-4-3-5-9(10)12/h3-8H2,1-2H3,(H2,10,12). The first kappa shape index (κ1) is 13.2. The smallest absolute Gasteiger partial charge is 0.0727 e. The minimum atomic E-state index is 0.645. The summed E-state index contributed by atoms with van der Waals surface area (Å²) < 4.78 is 0. The van der Waals surface area contributed by atoms with Crippen molar-refractivity contribution in [1.82, 2.24) is 4.90 Å². The van der Waals surface area contributed by atoms with Gasteiger partial charge in [0, 0.05) is 12.3 Å². The SMILES string of the molecule is CSCCN(C)CCCCC(N)=S. The van der Waals surface area contributed by atoms with Gasteiger partial charge in [-0.25, -0.2) is 0 Å². The van der Waals surface area contributed by atoms with E-state index in [2.05, 4.69) is 18.2 Å². The lowest BCUT2D eigenvalue weighted by molar-refractivity contribution is 0.347. The van der Waals surface area contributed by atoms with Gasteiger partial charge in [-0.2, -0.15) is 11.8 Å². The summed E-state index contributed by atoms with van der Waals surface area (Å²) >= 11 is 6.70. The van der Waals surface area contributed by atoms with E-state index in [9.17, 15) is 0 Å². The Kier molecular flexibility index (Phi) is 8.92.